The molecule has 0 spiro atoms. The molecule has 0 fully saturated rings. The first kappa shape index (κ1) is 17.6. The number of nitrogens with zero attached hydrogens (tertiary/aromatic N) is 3. The van der Waals surface area contributed by atoms with Gasteiger partial charge < -0.3 is 4.90 Å². The number of hydrogen-bond donors (Lipinski definition) is 0. The fourth-order valence-electron chi connectivity index (χ4n) is 3.18. The topological polar surface area (TPSA) is 70.6 Å². The van der Waals surface area contributed by atoms with E-state index in [0.717, 1.165) is 10.5 Å². The van der Waals surface area contributed by atoms with Gasteiger partial charge in [-0.1, -0.05) is 48.5 Å². The van der Waals surface area contributed by atoms with E-state index in [9.17, 15) is 14.4 Å². The lowest BCUT2D eigenvalue weighted by Crippen LogP contribution is -2.42. The second kappa shape index (κ2) is 7.44. The molecule has 3 amide bonds. The third kappa shape index (κ3) is 3.27. The number of hydrogen-bond acceptors (Lipinski definition) is 4. The molecule has 1 aromatic heterocycles. The van der Waals surface area contributed by atoms with Gasteiger partial charge in [-0.15, -0.1) is 0 Å². The van der Waals surface area contributed by atoms with Crippen molar-refractivity contribution >= 4 is 23.4 Å². The summed E-state index contributed by atoms with van der Waals surface area (Å²) in [6, 6.07) is 21.9. The number of benzene rings is 2. The van der Waals surface area contributed by atoms with Gasteiger partial charge >= 0.3 is 0 Å². The van der Waals surface area contributed by atoms with Crippen molar-refractivity contribution in [1.29, 1.82) is 0 Å². The molecule has 0 bridgehead atoms. The maximum atomic E-state index is 13.1. The summed E-state index contributed by atoms with van der Waals surface area (Å²) in [5.74, 6) is -1.37. The summed E-state index contributed by atoms with van der Waals surface area (Å²) in [6.07, 6.45) is 1.46. The zero-order valence-corrected chi connectivity index (χ0v) is 15.0. The van der Waals surface area contributed by atoms with Gasteiger partial charge in [-0.2, -0.15) is 0 Å². The third-order valence-corrected chi connectivity index (χ3v) is 4.58. The van der Waals surface area contributed by atoms with E-state index >= 15 is 0 Å². The number of rotatable bonds is 5. The van der Waals surface area contributed by atoms with Gasteiger partial charge in [0.15, 0.2) is 0 Å². The van der Waals surface area contributed by atoms with Gasteiger partial charge in [-0.25, -0.2) is 0 Å². The van der Waals surface area contributed by atoms with Crippen LogP contribution in [0.25, 0.3) is 0 Å². The maximum absolute atomic E-state index is 13.1. The molecule has 28 heavy (non-hydrogen) atoms. The molecule has 0 unspecified atom stereocenters. The van der Waals surface area contributed by atoms with Crippen LogP contribution in [-0.4, -0.2) is 34.2 Å². The van der Waals surface area contributed by atoms with Crippen molar-refractivity contribution in [1.82, 2.24) is 9.88 Å². The molecule has 2 aromatic carbocycles. The van der Waals surface area contributed by atoms with Crippen LogP contribution in [0.1, 0.15) is 26.4 Å². The van der Waals surface area contributed by atoms with Crippen LogP contribution in [-0.2, 0) is 11.3 Å². The molecule has 4 rings (SSSR count). The minimum Gasteiger partial charge on any atom is -0.306 e. The molecule has 0 N–H and O–H groups in total. The molecule has 1 aliphatic rings. The van der Waals surface area contributed by atoms with Crippen molar-refractivity contribution < 1.29 is 14.4 Å². The molecule has 0 radical (unpaired) electrons. The molecule has 3 aromatic rings. The van der Waals surface area contributed by atoms with Crippen LogP contribution in [0.4, 0.5) is 5.69 Å². The van der Waals surface area contributed by atoms with Crippen molar-refractivity contribution in [3.63, 3.8) is 0 Å². The molecule has 6 nitrogen and oxygen atoms in total. The lowest BCUT2D eigenvalue weighted by molar-refractivity contribution is -0.119. The van der Waals surface area contributed by atoms with E-state index in [2.05, 4.69) is 4.98 Å². The van der Waals surface area contributed by atoms with Crippen molar-refractivity contribution in [3.05, 3.63) is 95.8 Å². The number of amides is 3. The quantitative estimate of drug-likeness (QED) is 0.647. The van der Waals surface area contributed by atoms with E-state index in [1.54, 1.807) is 17.0 Å². The van der Waals surface area contributed by atoms with Gasteiger partial charge in [0.05, 0.1) is 12.1 Å². The lowest BCUT2D eigenvalue weighted by atomic mass is 10.2. The number of pyridine rings is 1. The van der Waals surface area contributed by atoms with Crippen LogP contribution in [0.2, 0.25) is 0 Å². The van der Waals surface area contributed by atoms with Gasteiger partial charge in [0.25, 0.3) is 11.8 Å². The summed E-state index contributed by atoms with van der Waals surface area (Å²) in [7, 11) is 0. The Balaban J connectivity index is 1.60. The monoisotopic (exact) mass is 371 g/mol. The van der Waals surface area contributed by atoms with E-state index in [4.69, 9.17) is 0 Å². The molecular weight excluding hydrogens is 354 g/mol. The third-order valence-electron chi connectivity index (χ3n) is 4.58. The van der Waals surface area contributed by atoms with Crippen molar-refractivity contribution in [2.75, 3.05) is 11.4 Å². The second-order valence-electron chi connectivity index (χ2n) is 6.40. The number of para-hydroxylation sites is 1. The summed E-state index contributed by atoms with van der Waals surface area (Å²) < 4.78 is 0. The van der Waals surface area contributed by atoms with E-state index in [0.29, 0.717) is 12.2 Å². The number of fused-ring (bicyclic) bond motifs is 1. The molecule has 0 saturated carbocycles. The fraction of sp³-hybridized carbons (Fsp3) is 0.0909. The van der Waals surface area contributed by atoms with Crippen LogP contribution in [0.15, 0.2) is 79.0 Å². The Morgan fingerprint density at radius 1 is 0.857 bits per heavy atom. The van der Waals surface area contributed by atoms with Crippen LogP contribution >= 0.6 is 0 Å². The van der Waals surface area contributed by atoms with Crippen molar-refractivity contribution in [2.45, 2.75) is 6.54 Å². The van der Waals surface area contributed by atoms with Crippen LogP contribution in [0.5, 0.6) is 0 Å². The van der Waals surface area contributed by atoms with E-state index in [-0.39, 0.29) is 23.7 Å². The van der Waals surface area contributed by atoms with Gasteiger partial charge in [0.1, 0.15) is 12.2 Å². The zero-order valence-electron chi connectivity index (χ0n) is 15.0. The van der Waals surface area contributed by atoms with Gasteiger partial charge in [0, 0.05) is 11.9 Å². The highest BCUT2D eigenvalue weighted by molar-refractivity contribution is 6.21. The smallest absolute Gasteiger partial charge is 0.280 e. The number of carbonyl (C=O) groups is 3. The maximum Gasteiger partial charge on any atom is 0.280 e. The first-order valence-electron chi connectivity index (χ1n) is 8.85. The molecule has 0 atom stereocenters. The molecule has 2 heterocycles. The summed E-state index contributed by atoms with van der Waals surface area (Å²) in [5.41, 5.74) is 1.97. The number of anilines is 1. The summed E-state index contributed by atoms with van der Waals surface area (Å²) in [6.45, 7) is 0.000854. The number of aromatic nitrogens is 1. The van der Waals surface area contributed by atoms with E-state index in [1.165, 1.54) is 6.20 Å². The molecular formula is C22H17N3O3. The predicted molar refractivity (Wildman–Crippen MR) is 104 cm³/mol. The van der Waals surface area contributed by atoms with Gasteiger partial charge in [-0.3, -0.25) is 24.3 Å². The average Bonchev–Trinajstić information content (AvgIpc) is 2.98. The molecule has 6 heteroatoms. The Hall–Kier alpha value is -3.80. The molecule has 0 saturated heterocycles. The number of imide groups is 1. The summed E-state index contributed by atoms with van der Waals surface area (Å²) in [4.78, 5) is 44.7. The summed E-state index contributed by atoms with van der Waals surface area (Å²) in [5, 5.41) is 0. The van der Waals surface area contributed by atoms with E-state index in [1.807, 2.05) is 60.7 Å². The Bertz CT molecular complexity index is 1000. The molecule has 138 valence electrons. The van der Waals surface area contributed by atoms with E-state index < -0.39 is 11.8 Å². The highest BCUT2D eigenvalue weighted by atomic mass is 16.2. The van der Waals surface area contributed by atoms with Crippen LogP contribution < -0.4 is 4.90 Å². The largest absolute Gasteiger partial charge is 0.306 e. The Morgan fingerprint density at radius 3 is 2.21 bits per heavy atom. The van der Waals surface area contributed by atoms with Crippen molar-refractivity contribution in [3.8, 4) is 0 Å². The first-order chi connectivity index (χ1) is 13.6. The predicted octanol–water partition coefficient (Wildman–Crippen LogP) is 2.91. The molecule has 1 aliphatic heterocycles. The van der Waals surface area contributed by atoms with Gasteiger partial charge in [-0.05, 0) is 29.8 Å². The Labute approximate surface area is 162 Å². The zero-order chi connectivity index (χ0) is 19.5. The first-order valence-corrected chi connectivity index (χ1v) is 8.85. The second-order valence-corrected chi connectivity index (χ2v) is 6.40. The minimum atomic E-state index is -0.540. The standard InChI is InChI=1S/C22H17N3O3/c26-19(15-25-21(27)18-12-7-13-23-20(18)22(25)28)24(17-10-5-2-6-11-17)14-16-8-3-1-4-9-16/h1-13H,14-15H2. The Morgan fingerprint density at radius 2 is 1.54 bits per heavy atom. The summed E-state index contributed by atoms with van der Waals surface area (Å²) >= 11 is 0. The molecule has 0 aliphatic carbocycles. The van der Waals surface area contributed by atoms with Gasteiger partial charge in [0.2, 0.25) is 5.91 Å². The highest BCUT2D eigenvalue weighted by Gasteiger charge is 2.38. The Kier molecular flexibility index (Phi) is 4.68. The van der Waals surface area contributed by atoms with Crippen LogP contribution in [0, 0.1) is 0 Å². The van der Waals surface area contributed by atoms with Crippen LogP contribution in [0.3, 0.4) is 0 Å². The average molecular weight is 371 g/mol. The lowest BCUT2D eigenvalue weighted by Gasteiger charge is -2.25. The van der Waals surface area contributed by atoms with Crippen molar-refractivity contribution in [2.24, 2.45) is 0 Å². The minimum absolute atomic E-state index is 0.0922. The fourth-order valence-corrected chi connectivity index (χ4v) is 3.18. The number of carbonyl (C=O) groups excluding carboxylic acids is 3. The SMILES string of the molecule is O=C1c2cccnc2C(=O)N1CC(=O)N(Cc1ccccc1)c1ccccc1. The highest BCUT2D eigenvalue weighted by Crippen LogP contribution is 2.22. The normalized spacial score (nSPS) is 12.8.